The Labute approximate surface area is 120 Å². The predicted molar refractivity (Wildman–Crippen MR) is 78.0 cm³/mol. The Morgan fingerprint density at radius 2 is 2.17 bits per heavy atom. The number of rotatable bonds is 3. The first-order valence-corrected chi connectivity index (χ1v) is 8.31. The quantitative estimate of drug-likeness (QED) is 0.785. The van der Waals surface area contributed by atoms with Crippen LogP contribution in [0.4, 0.5) is 0 Å². The van der Waals surface area contributed by atoms with Crippen LogP contribution in [-0.4, -0.2) is 23.1 Å². The lowest BCUT2D eigenvalue weighted by molar-refractivity contribution is 0.0695. The van der Waals surface area contributed by atoms with Gasteiger partial charge in [0.05, 0.1) is 5.56 Å². The molecule has 1 fully saturated rings. The summed E-state index contributed by atoms with van der Waals surface area (Å²) in [4.78, 5) is 15.7. The number of thioether (sulfide) groups is 1. The highest BCUT2D eigenvalue weighted by molar-refractivity contribution is 9.10. The Hall–Kier alpha value is -0.480. The number of amides is 1. The molecule has 1 aliphatic heterocycles. The van der Waals surface area contributed by atoms with Gasteiger partial charge in [-0.1, -0.05) is 15.9 Å². The number of nitrogens with zero attached hydrogens (tertiary/aromatic N) is 1. The molecule has 1 aliphatic carbocycles. The maximum atomic E-state index is 12.6. The third-order valence-corrected chi connectivity index (χ3v) is 5.20. The van der Waals surface area contributed by atoms with E-state index in [1.165, 1.54) is 18.4 Å². The van der Waals surface area contributed by atoms with E-state index >= 15 is 0 Å². The van der Waals surface area contributed by atoms with Gasteiger partial charge in [0.25, 0.3) is 5.91 Å². The highest BCUT2D eigenvalue weighted by Gasteiger charge is 2.39. The van der Waals surface area contributed by atoms with Crippen molar-refractivity contribution in [2.24, 2.45) is 5.92 Å². The number of fused-ring (bicyclic) bond motifs is 1. The van der Waals surface area contributed by atoms with Gasteiger partial charge in [-0.3, -0.25) is 4.79 Å². The second-order valence-corrected chi connectivity index (χ2v) is 6.92. The van der Waals surface area contributed by atoms with Crippen molar-refractivity contribution in [1.82, 2.24) is 4.90 Å². The zero-order valence-corrected chi connectivity index (χ0v) is 13.0. The van der Waals surface area contributed by atoms with Gasteiger partial charge in [-0.15, -0.1) is 11.8 Å². The van der Waals surface area contributed by atoms with Crippen molar-refractivity contribution in [2.45, 2.75) is 37.2 Å². The topological polar surface area (TPSA) is 20.3 Å². The number of carbonyl (C=O) groups is 1. The lowest BCUT2D eigenvalue weighted by Gasteiger charge is -2.24. The van der Waals surface area contributed by atoms with Crippen LogP contribution in [0.5, 0.6) is 0 Å². The maximum Gasteiger partial charge on any atom is 0.255 e. The van der Waals surface area contributed by atoms with Crippen LogP contribution in [0.1, 0.15) is 35.7 Å². The number of benzene rings is 1. The van der Waals surface area contributed by atoms with E-state index in [4.69, 9.17) is 0 Å². The van der Waals surface area contributed by atoms with Gasteiger partial charge in [-0.05, 0) is 49.6 Å². The fourth-order valence-electron chi connectivity index (χ4n) is 2.73. The van der Waals surface area contributed by atoms with Crippen LogP contribution in [0, 0.1) is 5.92 Å². The number of hydrogen-bond acceptors (Lipinski definition) is 2. The van der Waals surface area contributed by atoms with Crippen molar-refractivity contribution in [3.8, 4) is 0 Å². The number of halogens is 1. The van der Waals surface area contributed by atoms with Crippen molar-refractivity contribution in [1.29, 1.82) is 0 Å². The maximum absolute atomic E-state index is 12.6. The molecule has 1 aromatic rings. The molecule has 96 valence electrons. The molecule has 1 aromatic carbocycles. The monoisotopic (exact) mass is 325 g/mol. The third-order valence-electron chi connectivity index (χ3n) is 3.98. The Morgan fingerprint density at radius 3 is 2.78 bits per heavy atom. The zero-order valence-electron chi connectivity index (χ0n) is 10.6. The van der Waals surface area contributed by atoms with Gasteiger partial charge in [0, 0.05) is 22.0 Å². The molecule has 4 heteroatoms. The first-order chi connectivity index (χ1) is 8.61. The van der Waals surface area contributed by atoms with Gasteiger partial charge in [-0.2, -0.15) is 0 Å². The van der Waals surface area contributed by atoms with E-state index in [1.807, 2.05) is 12.3 Å². The third kappa shape index (κ3) is 1.99. The molecule has 1 saturated carbocycles. The van der Waals surface area contributed by atoms with Crippen LogP contribution in [0.3, 0.4) is 0 Å². The van der Waals surface area contributed by atoms with E-state index in [9.17, 15) is 4.79 Å². The minimum Gasteiger partial charge on any atom is -0.331 e. The average molecular weight is 326 g/mol. The second kappa shape index (κ2) is 4.57. The summed E-state index contributed by atoms with van der Waals surface area (Å²) in [5, 5.41) is 0. The fourth-order valence-corrected chi connectivity index (χ4v) is 4.05. The molecule has 1 atom stereocenters. The second-order valence-electron chi connectivity index (χ2n) is 5.15. The van der Waals surface area contributed by atoms with Gasteiger partial charge < -0.3 is 4.90 Å². The van der Waals surface area contributed by atoms with E-state index in [0.717, 1.165) is 27.4 Å². The minimum atomic E-state index is 0.223. The normalized spacial score (nSPS) is 20.2. The summed E-state index contributed by atoms with van der Waals surface area (Å²) in [5.74, 6) is 0.950. The van der Waals surface area contributed by atoms with Crippen molar-refractivity contribution in [3.05, 3.63) is 27.7 Å². The minimum absolute atomic E-state index is 0.223. The molecule has 0 radical (unpaired) electrons. The van der Waals surface area contributed by atoms with Crippen LogP contribution < -0.4 is 0 Å². The summed E-state index contributed by atoms with van der Waals surface area (Å²) in [6.07, 6.45) is 4.59. The summed E-state index contributed by atoms with van der Waals surface area (Å²) < 4.78 is 1.07. The molecule has 0 N–H and O–H groups in total. The Balaban J connectivity index is 1.97. The Morgan fingerprint density at radius 1 is 1.44 bits per heavy atom. The molecule has 0 bridgehead atoms. The predicted octanol–water partition coefficient (Wildman–Crippen LogP) is 3.93. The molecule has 3 rings (SSSR count). The van der Waals surface area contributed by atoms with Gasteiger partial charge in [0.2, 0.25) is 0 Å². The molecule has 1 heterocycles. The lowest BCUT2D eigenvalue weighted by Crippen LogP contribution is -2.34. The number of hydrogen-bond donors (Lipinski definition) is 0. The fraction of sp³-hybridized carbons (Fsp3) is 0.500. The van der Waals surface area contributed by atoms with Crippen molar-refractivity contribution in [2.75, 3.05) is 6.26 Å². The average Bonchev–Trinajstić information content (AvgIpc) is 3.13. The first-order valence-electron chi connectivity index (χ1n) is 6.29. The molecule has 2 nitrogen and oxygen atoms in total. The lowest BCUT2D eigenvalue weighted by atomic mass is 10.1. The Kier molecular flexibility index (Phi) is 3.18. The molecule has 1 unspecified atom stereocenters. The van der Waals surface area contributed by atoms with Crippen LogP contribution in [0.15, 0.2) is 21.5 Å². The van der Waals surface area contributed by atoms with Gasteiger partial charge in [-0.25, -0.2) is 0 Å². The molecule has 1 amide bonds. The van der Waals surface area contributed by atoms with E-state index in [-0.39, 0.29) is 5.91 Å². The molecule has 18 heavy (non-hydrogen) atoms. The van der Waals surface area contributed by atoms with Crippen molar-refractivity contribution >= 4 is 33.6 Å². The largest absolute Gasteiger partial charge is 0.331 e. The van der Waals surface area contributed by atoms with Gasteiger partial charge >= 0.3 is 0 Å². The van der Waals surface area contributed by atoms with E-state index < -0.39 is 0 Å². The molecular formula is C14H16BrNOS. The molecule has 0 spiro atoms. The zero-order chi connectivity index (χ0) is 12.9. The number of carbonyl (C=O) groups excluding carboxylic acids is 1. The van der Waals surface area contributed by atoms with Crippen LogP contribution in [0.25, 0.3) is 0 Å². The SMILES string of the molecule is CSc1cc(Br)cc2c1C(=O)N(C(C)C1CC1)C2. The van der Waals surface area contributed by atoms with E-state index in [2.05, 4.69) is 33.8 Å². The highest BCUT2D eigenvalue weighted by Crippen LogP contribution is 2.40. The smallest absolute Gasteiger partial charge is 0.255 e. The van der Waals surface area contributed by atoms with Crippen LogP contribution in [0.2, 0.25) is 0 Å². The summed E-state index contributed by atoms with van der Waals surface area (Å²) in [6, 6.07) is 4.53. The first kappa shape index (κ1) is 12.5. The van der Waals surface area contributed by atoms with E-state index in [0.29, 0.717) is 6.04 Å². The molecule has 0 saturated heterocycles. The Bertz CT molecular complexity index is 513. The van der Waals surface area contributed by atoms with Crippen molar-refractivity contribution < 1.29 is 4.79 Å². The summed E-state index contributed by atoms with van der Waals surface area (Å²) >= 11 is 5.18. The molecule has 0 aromatic heterocycles. The summed E-state index contributed by atoms with van der Waals surface area (Å²) in [5.41, 5.74) is 2.10. The highest BCUT2D eigenvalue weighted by atomic mass is 79.9. The summed E-state index contributed by atoms with van der Waals surface area (Å²) in [7, 11) is 0. The van der Waals surface area contributed by atoms with Gasteiger partial charge in [0.15, 0.2) is 0 Å². The van der Waals surface area contributed by atoms with E-state index in [1.54, 1.807) is 11.8 Å². The van der Waals surface area contributed by atoms with Crippen molar-refractivity contribution in [3.63, 3.8) is 0 Å². The standard InChI is InChI=1S/C14H16BrNOS/c1-8(9-3-4-9)16-7-10-5-11(15)6-12(18-2)13(10)14(16)17/h5-6,8-9H,3-4,7H2,1-2H3. The van der Waals surface area contributed by atoms with Gasteiger partial charge in [0.1, 0.15) is 0 Å². The summed E-state index contributed by atoms with van der Waals surface area (Å²) in [6.45, 7) is 2.97. The molecular weight excluding hydrogens is 310 g/mol. The van der Waals surface area contributed by atoms with Crippen LogP contribution >= 0.6 is 27.7 Å². The van der Waals surface area contributed by atoms with Crippen LogP contribution in [-0.2, 0) is 6.54 Å². The molecule has 2 aliphatic rings.